The highest BCUT2D eigenvalue weighted by Gasteiger charge is 2.28. The molecule has 0 atom stereocenters. The summed E-state index contributed by atoms with van der Waals surface area (Å²) in [6.45, 7) is 1.85. The molecule has 0 fully saturated rings. The number of aryl methyl sites for hydroxylation is 1. The maximum atomic E-state index is 12.3. The van der Waals surface area contributed by atoms with Crippen molar-refractivity contribution < 1.29 is 24.2 Å². The lowest BCUT2D eigenvalue weighted by Gasteiger charge is -2.24. The summed E-state index contributed by atoms with van der Waals surface area (Å²) in [4.78, 5) is 25.7. The molecule has 1 N–H and O–H groups in total. The van der Waals surface area contributed by atoms with Crippen LogP contribution in [0.2, 0.25) is 0 Å². The highest BCUT2D eigenvalue weighted by atomic mass is 16.5. The molecular weight excluding hydrogens is 298 g/mol. The quantitative estimate of drug-likeness (QED) is 0.862. The van der Waals surface area contributed by atoms with E-state index in [4.69, 9.17) is 9.47 Å². The molecule has 1 aromatic carbocycles. The number of aromatic hydroxyl groups is 1. The van der Waals surface area contributed by atoms with Crippen LogP contribution in [0, 0.1) is 6.92 Å². The van der Waals surface area contributed by atoms with Gasteiger partial charge in [0.2, 0.25) is 0 Å². The first-order valence-electron chi connectivity index (χ1n) is 6.84. The molecule has 23 heavy (non-hydrogen) atoms. The molecule has 6 heteroatoms. The van der Waals surface area contributed by atoms with E-state index in [2.05, 4.69) is 0 Å². The van der Waals surface area contributed by atoms with Gasteiger partial charge in [-0.1, -0.05) is 12.1 Å². The Kier molecular flexibility index (Phi) is 4.85. The van der Waals surface area contributed by atoms with Crippen molar-refractivity contribution in [3.63, 3.8) is 0 Å². The Morgan fingerprint density at radius 1 is 1.09 bits per heavy atom. The molecule has 0 spiro atoms. The number of hydrogen-bond donors (Lipinski definition) is 1. The maximum absolute atomic E-state index is 12.3. The van der Waals surface area contributed by atoms with Crippen LogP contribution in [0.1, 0.15) is 5.56 Å². The van der Waals surface area contributed by atoms with Gasteiger partial charge in [-0.25, -0.2) is 9.59 Å². The Hall–Kier alpha value is -3.02. The predicted octanol–water partition coefficient (Wildman–Crippen LogP) is 2.19. The molecule has 1 aromatic rings. The van der Waals surface area contributed by atoms with Crippen molar-refractivity contribution in [3.05, 3.63) is 59.5 Å². The van der Waals surface area contributed by atoms with Crippen molar-refractivity contribution in [2.45, 2.75) is 6.92 Å². The fourth-order valence-corrected chi connectivity index (χ4v) is 2.18. The third-order valence-corrected chi connectivity index (χ3v) is 3.28. The summed E-state index contributed by atoms with van der Waals surface area (Å²) in [6.07, 6.45) is 6.26. The zero-order chi connectivity index (χ0) is 17.0. The molecule has 1 heterocycles. The smallest absolute Gasteiger partial charge is 0.355 e. The van der Waals surface area contributed by atoms with Crippen LogP contribution < -0.4 is 4.90 Å². The molecule has 6 nitrogen and oxygen atoms in total. The number of carbonyl (C=O) groups excluding carboxylic acids is 2. The number of methoxy groups -OCH3 is 2. The van der Waals surface area contributed by atoms with Crippen LogP contribution in [0.4, 0.5) is 5.69 Å². The summed E-state index contributed by atoms with van der Waals surface area (Å²) in [5.41, 5.74) is 1.23. The van der Waals surface area contributed by atoms with Crippen molar-refractivity contribution in [2.75, 3.05) is 19.1 Å². The fraction of sp³-hybridized carbons (Fsp3) is 0.176. The van der Waals surface area contributed by atoms with E-state index in [1.807, 2.05) is 6.92 Å². The highest BCUT2D eigenvalue weighted by molar-refractivity contribution is 6.05. The zero-order valence-electron chi connectivity index (χ0n) is 13.1. The molecule has 0 aliphatic carbocycles. The molecule has 1 aliphatic rings. The van der Waals surface area contributed by atoms with Crippen LogP contribution in [0.3, 0.4) is 0 Å². The largest absolute Gasteiger partial charge is 0.506 e. The molecule has 1 aliphatic heterocycles. The first kappa shape index (κ1) is 16.4. The topological polar surface area (TPSA) is 76.1 Å². The van der Waals surface area contributed by atoms with E-state index in [0.717, 1.165) is 5.56 Å². The highest BCUT2D eigenvalue weighted by Crippen LogP contribution is 2.33. The van der Waals surface area contributed by atoms with Gasteiger partial charge in [-0.05, 0) is 36.8 Å². The van der Waals surface area contributed by atoms with Crippen LogP contribution >= 0.6 is 0 Å². The molecule has 0 aromatic heterocycles. The maximum Gasteiger partial charge on any atom is 0.355 e. The molecule has 0 unspecified atom stereocenters. The van der Waals surface area contributed by atoms with E-state index in [1.54, 1.807) is 30.5 Å². The summed E-state index contributed by atoms with van der Waals surface area (Å²) in [7, 11) is 2.45. The first-order valence-corrected chi connectivity index (χ1v) is 6.84. The number of esters is 2. The minimum absolute atomic E-state index is 0.0326. The first-order chi connectivity index (χ1) is 11.0. The lowest BCUT2D eigenvalue weighted by Crippen LogP contribution is -2.27. The van der Waals surface area contributed by atoms with Gasteiger partial charge in [0.05, 0.1) is 25.5 Å². The summed E-state index contributed by atoms with van der Waals surface area (Å²) >= 11 is 0. The number of allylic oxidation sites excluding steroid dienone is 2. The number of carbonyl (C=O) groups is 2. The minimum Gasteiger partial charge on any atom is -0.506 e. The number of phenolic OH excluding ortho intramolecular Hbond substituents is 1. The molecule has 0 bridgehead atoms. The second-order valence-electron chi connectivity index (χ2n) is 4.81. The van der Waals surface area contributed by atoms with Crippen molar-refractivity contribution in [3.8, 4) is 5.75 Å². The van der Waals surface area contributed by atoms with Crippen LogP contribution in [0.25, 0.3) is 0 Å². The van der Waals surface area contributed by atoms with Gasteiger partial charge in [0.15, 0.2) is 0 Å². The molecule has 0 saturated heterocycles. The van der Waals surface area contributed by atoms with Crippen LogP contribution in [0.15, 0.2) is 53.9 Å². The summed E-state index contributed by atoms with van der Waals surface area (Å²) in [5, 5.41) is 10.1. The summed E-state index contributed by atoms with van der Waals surface area (Å²) < 4.78 is 9.53. The molecular formula is C17H17NO5. The zero-order valence-corrected chi connectivity index (χ0v) is 13.1. The molecule has 120 valence electrons. The van der Waals surface area contributed by atoms with E-state index < -0.39 is 11.9 Å². The van der Waals surface area contributed by atoms with Crippen LogP contribution in [0.5, 0.6) is 5.75 Å². The van der Waals surface area contributed by atoms with Gasteiger partial charge in [-0.15, -0.1) is 0 Å². The fourth-order valence-electron chi connectivity index (χ4n) is 2.18. The number of hydrogen-bond acceptors (Lipinski definition) is 6. The molecule has 0 amide bonds. The number of phenols is 1. The number of nitrogens with zero attached hydrogens (tertiary/aromatic N) is 1. The van der Waals surface area contributed by atoms with Gasteiger partial charge in [-0.3, -0.25) is 0 Å². The second-order valence-corrected chi connectivity index (χ2v) is 4.81. The van der Waals surface area contributed by atoms with Gasteiger partial charge >= 0.3 is 11.9 Å². The molecule has 0 saturated carbocycles. The minimum atomic E-state index is -0.720. The third-order valence-electron chi connectivity index (χ3n) is 3.28. The van der Waals surface area contributed by atoms with Crippen molar-refractivity contribution in [2.24, 2.45) is 0 Å². The van der Waals surface area contributed by atoms with Crippen molar-refractivity contribution in [1.82, 2.24) is 0 Å². The average Bonchev–Trinajstić information content (AvgIpc) is 2.78. The Morgan fingerprint density at radius 2 is 1.78 bits per heavy atom. The Bertz CT molecular complexity index is 730. The number of benzene rings is 1. The molecule has 0 radical (unpaired) electrons. The average molecular weight is 315 g/mol. The second kappa shape index (κ2) is 6.83. The lowest BCUT2D eigenvalue weighted by molar-refractivity contribution is -0.139. The standard InChI is InChI=1S/C17H17NO5/c1-11-7-8-14(19)13(10-11)18-9-5-4-6-12(16(20)22-2)15(18)17(21)23-3/h4-10,19H,1-3H3. The van der Waals surface area contributed by atoms with Crippen molar-refractivity contribution >= 4 is 17.6 Å². The van der Waals surface area contributed by atoms with Gasteiger partial charge in [-0.2, -0.15) is 0 Å². The number of anilines is 1. The Balaban J connectivity index is 2.71. The van der Waals surface area contributed by atoms with Crippen LogP contribution in [-0.2, 0) is 19.1 Å². The van der Waals surface area contributed by atoms with E-state index in [-0.39, 0.29) is 17.0 Å². The van der Waals surface area contributed by atoms with Crippen molar-refractivity contribution in [1.29, 1.82) is 0 Å². The molecule has 2 rings (SSSR count). The van der Waals surface area contributed by atoms with E-state index in [0.29, 0.717) is 5.69 Å². The van der Waals surface area contributed by atoms with E-state index >= 15 is 0 Å². The summed E-state index contributed by atoms with van der Waals surface area (Å²) in [6, 6.07) is 4.95. The van der Waals surface area contributed by atoms with E-state index in [9.17, 15) is 14.7 Å². The van der Waals surface area contributed by atoms with Gasteiger partial charge in [0, 0.05) is 6.20 Å². The monoisotopic (exact) mass is 315 g/mol. The SMILES string of the molecule is COC(=O)C1=C(C(=O)OC)N(c2cc(C)ccc2O)C=CC=C1. The Labute approximate surface area is 133 Å². The number of rotatable bonds is 3. The van der Waals surface area contributed by atoms with E-state index in [1.165, 1.54) is 31.3 Å². The normalized spacial score (nSPS) is 13.8. The Morgan fingerprint density at radius 3 is 2.43 bits per heavy atom. The van der Waals surface area contributed by atoms with Gasteiger partial charge in [0.1, 0.15) is 11.4 Å². The predicted molar refractivity (Wildman–Crippen MR) is 84.7 cm³/mol. The third kappa shape index (κ3) is 3.26. The van der Waals surface area contributed by atoms with Gasteiger partial charge in [0.25, 0.3) is 0 Å². The summed E-state index contributed by atoms with van der Waals surface area (Å²) in [5.74, 6) is -1.43. The van der Waals surface area contributed by atoms with Crippen LogP contribution in [-0.4, -0.2) is 31.3 Å². The van der Waals surface area contributed by atoms with Gasteiger partial charge < -0.3 is 19.5 Å². The number of ether oxygens (including phenoxy) is 2. The lowest BCUT2D eigenvalue weighted by atomic mass is 10.1.